The van der Waals surface area contributed by atoms with Gasteiger partial charge in [0.15, 0.2) is 0 Å². The summed E-state index contributed by atoms with van der Waals surface area (Å²) in [6.45, 7) is 10.7. The number of carbonyl (C=O) groups excluding carboxylic acids is 1. The molecule has 0 spiro atoms. The quantitative estimate of drug-likeness (QED) is 0.299. The zero-order valence-corrected chi connectivity index (χ0v) is 25.2. The van der Waals surface area contributed by atoms with Crippen molar-refractivity contribution in [1.29, 1.82) is 0 Å². The van der Waals surface area contributed by atoms with E-state index in [9.17, 15) is 4.79 Å². The summed E-state index contributed by atoms with van der Waals surface area (Å²) in [5.74, 6) is 0.902. The van der Waals surface area contributed by atoms with Gasteiger partial charge in [0, 0.05) is 77.5 Å². The molecular formula is C31H42N4O4S. The first kappa shape index (κ1) is 28.6. The van der Waals surface area contributed by atoms with E-state index in [1.807, 2.05) is 45.8 Å². The second kappa shape index (κ2) is 12.3. The maximum Gasteiger partial charge on any atom is 0.410 e. The van der Waals surface area contributed by atoms with Gasteiger partial charge in [0.2, 0.25) is 0 Å². The van der Waals surface area contributed by atoms with E-state index >= 15 is 0 Å². The molecule has 0 unspecified atom stereocenters. The number of ether oxygens (including phenoxy) is 3. The van der Waals surface area contributed by atoms with Gasteiger partial charge in [0.1, 0.15) is 22.5 Å². The number of piperazine rings is 1. The van der Waals surface area contributed by atoms with Gasteiger partial charge in [-0.3, -0.25) is 4.90 Å². The molecule has 0 N–H and O–H groups in total. The van der Waals surface area contributed by atoms with Gasteiger partial charge in [-0.05, 0) is 69.7 Å². The SMILES string of the molecule is CN(C)c1ccc(-c2nc3ccc(OC4CC(OCCCN5CCN(C(=O)OC(C)(C)C)CC5)C4)cc3s2)cc1. The van der Waals surface area contributed by atoms with E-state index in [4.69, 9.17) is 19.2 Å². The van der Waals surface area contributed by atoms with E-state index in [0.29, 0.717) is 0 Å². The van der Waals surface area contributed by atoms with E-state index in [1.165, 1.54) is 5.69 Å². The molecule has 0 bridgehead atoms. The third-order valence-electron chi connectivity index (χ3n) is 7.34. The van der Waals surface area contributed by atoms with Crippen molar-refractivity contribution >= 4 is 33.3 Å². The Bertz CT molecular complexity index is 1270. The van der Waals surface area contributed by atoms with Gasteiger partial charge < -0.3 is 24.0 Å². The van der Waals surface area contributed by atoms with Gasteiger partial charge in [0.05, 0.1) is 16.3 Å². The van der Waals surface area contributed by atoms with Crippen molar-refractivity contribution in [3.05, 3.63) is 42.5 Å². The Labute approximate surface area is 241 Å². The molecule has 0 atom stereocenters. The minimum atomic E-state index is -0.448. The Morgan fingerprint density at radius 1 is 1.02 bits per heavy atom. The van der Waals surface area contributed by atoms with Crippen LogP contribution >= 0.6 is 11.3 Å². The van der Waals surface area contributed by atoms with Crippen LogP contribution in [0.1, 0.15) is 40.0 Å². The van der Waals surface area contributed by atoms with Crippen LogP contribution in [-0.2, 0) is 9.47 Å². The molecule has 2 aromatic carbocycles. The minimum Gasteiger partial charge on any atom is -0.490 e. The fraction of sp³-hybridized carbons (Fsp3) is 0.548. The summed E-state index contributed by atoms with van der Waals surface area (Å²) in [7, 11) is 4.09. The van der Waals surface area contributed by atoms with E-state index in [-0.39, 0.29) is 18.3 Å². The number of aromatic nitrogens is 1. The number of rotatable bonds is 9. The number of hydrogen-bond acceptors (Lipinski definition) is 8. The molecule has 1 saturated heterocycles. The highest BCUT2D eigenvalue weighted by atomic mass is 32.1. The van der Waals surface area contributed by atoms with E-state index < -0.39 is 5.60 Å². The molecule has 8 nitrogen and oxygen atoms in total. The first-order chi connectivity index (χ1) is 19.1. The number of hydrogen-bond donors (Lipinski definition) is 0. The topological polar surface area (TPSA) is 67.4 Å². The second-order valence-corrected chi connectivity index (χ2v) is 13.0. The number of carbonyl (C=O) groups is 1. The van der Waals surface area contributed by atoms with Crippen LogP contribution in [0.15, 0.2) is 42.5 Å². The number of amides is 1. The molecule has 3 aromatic rings. The summed E-state index contributed by atoms with van der Waals surface area (Å²) in [6.07, 6.45) is 3.13. The average Bonchev–Trinajstić information content (AvgIpc) is 3.32. The van der Waals surface area contributed by atoms with E-state index in [2.05, 4.69) is 46.2 Å². The predicted molar refractivity (Wildman–Crippen MR) is 162 cm³/mol. The van der Waals surface area contributed by atoms with Crippen LogP contribution in [0.2, 0.25) is 0 Å². The number of benzene rings is 2. The zero-order valence-electron chi connectivity index (χ0n) is 24.4. The lowest BCUT2D eigenvalue weighted by atomic mass is 9.92. The van der Waals surface area contributed by atoms with Crippen LogP contribution in [0.4, 0.5) is 10.5 Å². The Kier molecular flexibility index (Phi) is 8.83. The van der Waals surface area contributed by atoms with Crippen molar-refractivity contribution in [2.45, 2.75) is 57.8 Å². The van der Waals surface area contributed by atoms with Crippen molar-refractivity contribution in [2.24, 2.45) is 0 Å². The van der Waals surface area contributed by atoms with Crippen molar-refractivity contribution in [1.82, 2.24) is 14.8 Å². The number of nitrogens with zero attached hydrogens (tertiary/aromatic N) is 4. The average molecular weight is 567 g/mol. The summed E-state index contributed by atoms with van der Waals surface area (Å²) < 4.78 is 19.0. The summed E-state index contributed by atoms with van der Waals surface area (Å²) >= 11 is 1.70. The molecule has 1 aromatic heterocycles. The fourth-order valence-electron chi connectivity index (χ4n) is 4.96. The van der Waals surface area contributed by atoms with Gasteiger partial charge in [-0.1, -0.05) is 0 Å². The minimum absolute atomic E-state index is 0.203. The predicted octanol–water partition coefficient (Wildman–Crippen LogP) is 5.90. The monoisotopic (exact) mass is 566 g/mol. The molecule has 0 radical (unpaired) electrons. The lowest BCUT2D eigenvalue weighted by Crippen LogP contribution is -2.50. The molecule has 1 saturated carbocycles. The molecule has 5 rings (SSSR count). The fourth-order valence-corrected chi connectivity index (χ4v) is 5.96. The molecule has 1 amide bonds. The summed E-state index contributed by atoms with van der Waals surface area (Å²) in [5.41, 5.74) is 2.87. The van der Waals surface area contributed by atoms with Gasteiger partial charge in [-0.2, -0.15) is 0 Å². The molecule has 40 heavy (non-hydrogen) atoms. The van der Waals surface area contributed by atoms with Crippen molar-refractivity contribution in [3.8, 4) is 16.3 Å². The largest absolute Gasteiger partial charge is 0.490 e. The second-order valence-electron chi connectivity index (χ2n) is 12.0. The maximum atomic E-state index is 12.2. The number of fused-ring (bicyclic) bond motifs is 1. The van der Waals surface area contributed by atoms with E-state index in [0.717, 1.165) is 85.1 Å². The van der Waals surface area contributed by atoms with Crippen LogP contribution in [-0.4, -0.2) is 92.1 Å². The highest BCUT2D eigenvalue weighted by Crippen LogP contribution is 2.35. The molecule has 2 fully saturated rings. The smallest absolute Gasteiger partial charge is 0.410 e. The number of thiazole rings is 1. The maximum absolute atomic E-state index is 12.2. The van der Waals surface area contributed by atoms with Gasteiger partial charge in [-0.25, -0.2) is 9.78 Å². The molecule has 1 aliphatic carbocycles. The summed E-state index contributed by atoms with van der Waals surface area (Å²) in [4.78, 5) is 23.4. The van der Waals surface area contributed by atoms with Crippen molar-refractivity contribution in [2.75, 3.05) is 58.3 Å². The Balaban J connectivity index is 0.991. The zero-order chi connectivity index (χ0) is 28.3. The Morgan fingerprint density at radius 2 is 1.75 bits per heavy atom. The summed E-state index contributed by atoms with van der Waals surface area (Å²) in [5, 5.41) is 1.03. The van der Waals surface area contributed by atoms with Crippen molar-refractivity contribution in [3.63, 3.8) is 0 Å². The van der Waals surface area contributed by atoms with Crippen LogP contribution in [0.5, 0.6) is 5.75 Å². The molecular weight excluding hydrogens is 524 g/mol. The van der Waals surface area contributed by atoms with Crippen LogP contribution in [0, 0.1) is 0 Å². The van der Waals surface area contributed by atoms with Crippen molar-refractivity contribution < 1.29 is 19.0 Å². The Morgan fingerprint density at radius 3 is 2.42 bits per heavy atom. The highest BCUT2D eigenvalue weighted by molar-refractivity contribution is 7.21. The van der Waals surface area contributed by atoms with Gasteiger partial charge in [0.25, 0.3) is 0 Å². The highest BCUT2D eigenvalue weighted by Gasteiger charge is 2.32. The first-order valence-electron chi connectivity index (χ1n) is 14.3. The molecule has 2 aliphatic rings. The lowest BCUT2D eigenvalue weighted by Gasteiger charge is -2.36. The third kappa shape index (κ3) is 7.44. The molecule has 9 heteroatoms. The van der Waals surface area contributed by atoms with Crippen LogP contribution in [0.3, 0.4) is 0 Å². The first-order valence-corrected chi connectivity index (χ1v) is 15.1. The summed E-state index contributed by atoms with van der Waals surface area (Å²) in [6, 6.07) is 14.7. The van der Waals surface area contributed by atoms with Crippen LogP contribution in [0.25, 0.3) is 20.8 Å². The van der Waals surface area contributed by atoms with Gasteiger partial charge >= 0.3 is 6.09 Å². The van der Waals surface area contributed by atoms with Gasteiger partial charge in [-0.15, -0.1) is 11.3 Å². The molecule has 216 valence electrons. The Hall–Kier alpha value is -2.88. The van der Waals surface area contributed by atoms with E-state index in [1.54, 1.807) is 11.3 Å². The molecule has 2 heterocycles. The third-order valence-corrected chi connectivity index (χ3v) is 8.41. The number of anilines is 1. The normalized spacial score (nSPS) is 19.9. The van der Waals surface area contributed by atoms with Crippen LogP contribution < -0.4 is 9.64 Å². The lowest BCUT2D eigenvalue weighted by molar-refractivity contribution is -0.0628. The standard InChI is InChI=1S/C31H42N4O4S/c1-31(2,3)39-30(36)35-16-14-34(15-17-35)13-6-18-37-25-19-26(20-25)38-24-11-12-27-28(21-24)40-29(32-27)22-7-9-23(10-8-22)33(4)5/h7-12,21,25-26H,6,13-20H2,1-5H3. The molecule has 1 aliphatic heterocycles.